The minimum Gasteiger partial charge on any atom is -0.477 e. The number of anilines is 1. The van der Waals surface area contributed by atoms with E-state index >= 15 is 4.39 Å². The molecule has 178 valence electrons. The number of pyridine rings is 1. The Kier molecular flexibility index (Phi) is 4.98. The Bertz CT molecular complexity index is 1240. The van der Waals surface area contributed by atoms with Crippen LogP contribution in [-0.2, 0) is 4.79 Å². The molecule has 0 radical (unpaired) electrons. The summed E-state index contributed by atoms with van der Waals surface area (Å²) in [6, 6.07) is 0.0219. The summed E-state index contributed by atoms with van der Waals surface area (Å²) in [7, 11) is 1.60. The highest BCUT2D eigenvalue weighted by atomic mass is 19.4. The number of halogens is 4. The first kappa shape index (κ1) is 22.7. The van der Waals surface area contributed by atoms with Crippen LogP contribution in [0.15, 0.2) is 17.1 Å². The lowest BCUT2D eigenvalue weighted by atomic mass is 10.1. The van der Waals surface area contributed by atoms with Crippen LogP contribution >= 0.6 is 0 Å². The van der Waals surface area contributed by atoms with Gasteiger partial charge in [-0.1, -0.05) is 0 Å². The summed E-state index contributed by atoms with van der Waals surface area (Å²) in [6.45, 7) is 3.29. The van der Waals surface area contributed by atoms with Crippen LogP contribution in [0.3, 0.4) is 0 Å². The fraction of sp³-hybridized carbons (Fsp3) is 0.450. The number of alkyl halides is 3. The number of ether oxygens (including phenoxy) is 1. The molecule has 1 amide bonds. The van der Waals surface area contributed by atoms with E-state index < -0.39 is 46.6 Å². The van der Waals surface area contributed by atoms with Crippen molar-refractivity contribution in [2.24, 2.45) is 0 Å². The SMILES string of the molecule is CN1n2cc(C(=O)O)c(=O)c3cc(F)c(N4CC[C@H](NC(=O)C(F)(F)F)C4)c(c32)OC1(C)C. The molecule has 3 heterocycles. The quantitative estimate of drug-likeness (QED) is 0.657. The molecular weight excluding hydrogens is 452 g/mol. The van der Waals surface area contributed by atoms with E-state index in [0.717, 1.165) is 12.3 Å². The number of hydrogen-bond acceptors (Lipinski definition) is 6. The highest BCUT2D eigenvalue weighted by molar-refractivity contribution is 5.97. The van der Waals surface area contributed by atoms with Crippen molar-refractivity contribution >= 4 is 28.5 Å². The summed E-state index contributed by atoms with van der Waals surface area (Å²) in [6.07, 6.45) is -3.78. The van der Waals surface area contributed by atoms with Gasteiger partial charge in [-0.3, -0.25) is 19.3 Å². The van der Waals surface area contributed by atoms with E-state index in [-0.39, 0.29) is 41.9 Å². The van der Waals surface area contributed by atoms with E-state index in [9.17, 15) is 32.7 Å². The fourth-order valence-electron chi connectivity index (χ4n) is 4.10. The second-order valence-corrected chi connectivity index (χ2v) is 8.43. The van der Waals surface area contributed by atoms with Crippen LogP contribution in [0.1, 0.15) is 30.6 Å². The van der Waals surface area contributed by atoms with Crippen molar-refractivity contribution in [1.29, 1.82) is 0 Å². The van der Waals surface area contributed by atoms with E-state index in [2.05, 4.69) is 0 Å². The van der Waals surface area contributed by atoms with E-state index in [0.29, 0.717) is 0 Å². The number of carboxylic acid groups (broad SMARTS) is 1. The van der Waals surface area contributed by atoms with Crippen molar-refractivity contribution in [1.82, 2.24) is 9.99 Å². The molecule has 1 fully saturated rings. The Balaban J connectivity index is 1.85. The Hall–Kier alpha value is -3.51. The van der Waals surface area contributed by atoms with Gasteiger partial charge in [-0.25, -0.2) is 9.18 Å². The zero-order valence-corrected chi connectivity index (χ0v) is 17.8. The first-order valence-corrected chi connectivity index (χ1v) is 9.93. The number of nitrogens with one attached hydrogen (secondary N) is 1. The van der Waals surface area contributed by atoms with Gasteiger partial charge in [0, 0.05) is 32.4 Å². The van der Waals surface area contributed by atoms with Gasteiger partial charge in [0.15, 0.2) is 17.3 Å². The summed E-state index contributed by atoms with van der Waals surface area (Å²) in [5.74, 6) is -4.49. The van der Waals surface area contributed by atoms with Crippen molar-refractivity contribution in [3.05, 3.63) is 33.9 Å². The molecule has 33 heavy (non-hydrogen) atoms. The van der Waals surface area contributed by atoms with Crippen LogP contribution in [0, 0.1) is 5.82 Å². The third-order valence-corrected chi connectivity index (χ3v) is 5.93. The van der Waals surface area contributed by atoms with Gasteiger partial charge in [-0.05, 0) is 26.3 Å². The number of carbonyl (C=O) groups is 2. The number of carboxylic acids is 1. The summed E-state index contributed by atoms with van der Waals surface area (Å²) in [4.78, 5) is 37.0. The van der Waals surface area contributed by atoms with E-state index in [1.54, 1.807) is 20.9 Å². The molecule has 1 saturated heterocycles. The van der Waals surface area contributed by atoms with Gasteiger partial charge in [0.25, 0.3) is 0 Å². The maximum Gasteiger partial charge on any atom is 0.471 e. The molecule has 1 aromatic carbocycles. The van der Waals surface area contributed by atoms with Gasteiger partial charge in [-0.2, -0.15) is 13.2 Å². The lowest BCUT2D eigenvalue weighted by Gasteiger charge is -2.44. The molecule has 4 rings (SSSR count). The van der Waals surface area contributed by atoms with Crippen LogP contribution in [0.4, 0.5) is 23.2 Å². The predicted octanol–water partition coefficient (Wildman–Crippen LogP) is 1.79. The Morgan fingerprint density at radius 1 is 1.30 bits per heavy atom. The third kappa shape index (κ3) is 3.60. The summed E-state index contributed by atoms with van der Waals surface area (Å²) in [5.41, 5.74) is -2.50. The zero-order valence-electron chi connectivity index (χ0n) is 17.8. The molecule has 0 unspecified atom stereocenters. The van der Waals surface area contributed by atoms with Gasteiger partial charge in [0.05, 0.1) is 5.39 Å². The van der Waals surface area contributed by atoms with Crippen molar-refractivity contribution in [2.45, 2.75) is 38.2 Å². The number of hydrogen-bond donors (Lipinski definition) is 2. The van der Waals surface area contributed by atoms with Crippen LogP contribution in [-0.4, -0.2) is 59.7 Å². The van der Waals surface area contributed by atoms with E-state index in [4.69, 9.17) is 4.74 Å². The maximum absolute atomic E-state index is 15.3. The molecular formula is C20H20F4N4O5. The average Bonchev–Trinajstić information content (AvgIpc) is 3.14. The normalized spacial score (nSPS) is 19.5. The molecule has 0 bridgehead atoms. The highest BCUT2D eigenvalue weighted by Crippen LogP contribution is 2.44. The van der Waals surface area contributed by atoms with Gasteiger partial charge in [0.1, 0.15) is 16.8 Å². The molecule has 2 N–H and O–H groups in total. The minimum atomic E-state index is -5.04. The van der Waals surface area contributed by atoms with Crippen molar-refractivity contribution in [3.63, 3.8) is 0 Å². The average molecular weight is 472 g/mol. The smallest absolute Gasteiger partial charge is 0.471 e. The Labute approximate surface area is 184 Å². The largest absolute Gasteiger partial charge is 0.477 e. The van der Waals surface area contributed by atoms with Gasteiger partial charge < -0.3 is 20.1 Å². The Morgan fingerprint density at radius 2 is 1.97 bits per heavy atom. The number of amides is 1. The molecule has 0 saturated carbocycles. The van der Waals surface area contributed by atoms with E-state index in [1.807, 2.05) is 5.32 Å². The number of aromatic carboxylic acids is 1. The molecule has 13 heteroatoms. The molecule has 9 nitrogen and oxygen atoms in total. The molecule has 1 atom stereocenters. The lowest BCUT2D eigenvalue weighted by molar-refractivity contribution is -0.174. The molecule has 2 aliphatic rings. The summed E-state index contributed by atoms with van der Waals surface area (Å²) in [5, 5.41) is 12.6. The number of carbonyl (C=O) groups excluding carboxylic acids is 1. The van der Waals surface area contributed by atoms with Crippen molar-refractivity contribution in [3.8, 4) is 5.75 Å². The number of rotatable bonds is 3. The Morgan fingerprint density at radius 3 is 2.58 bits per heavy atom. The second kappa shape index (κ2) is 7.25. The first-order chi connectivity index (χ1) is 15.2. The molecule has 0 spiro atoms. The van der Waals surface area contributed by atoms with Gasteiger partial charge >= 0.3 is 18.1 Å². The maximum atomic E-state index is 15.3. The fourth-order valence-corrected chi connectivity index (χ4v) is 4.10. The molecule has 2 aliphatic heterocycles. The predicted molar refractivity (Wildman–Crippen MR) is 109 cm³/mol. The highest BCUT2D eigenvalue weighted by Gasteiger charge is 2.42. The van der Waals surface area contributed by atoms with Crippen LogP contribution in [0.25, 0.3) is 10.9 Å². The summed E-state index contributed by atoms with van der Waals surface area (Å²) >= 11 is 0. The third-order valence-electron chi connectivity index (χ3n) is 5.93. The topological polar surface area (TPSA) is 104 Å². The van der Waals surface area contributed by atoms with Crippen molar-refractivity contribution in [2.75, 3.05) is 30.0 Å². The van der Waals surface area contributed by atoms with Crippen molar-refractivity contribution < 1.29 is 37.0 Å². The molecule has 1 aromatic heterocycles. The lowest BCUT2D eigenvalue weighted by Crippen LogP contribution is -2.55. The summed E-state index contributed by atoms with van der Waals surface area (Å²) < 4.78 is 60.5. The number of benzene rings is 1. The molecule has 0 aliphatic carbocycles. The zero-order chi connectivity index (χ0) is 24.5. The van der Waals surface area contributed by atoms with Crippen LogP contribution < -0.4 is 25.4 Å². The number of nitrogens with zero attached hydrogens (tertiary/aromatic N) is 3. The molecule has 2 aromatic rings. The van der Waals surface area contributed by atoms with Crippen LogP contribution in [0.2, 0.25) is 0 Å². The van der Waals surface area contributed by atoms with Gasteiger partial charge in [-0.15, -0.1) is 0 Å². The van der Waals surface area contributed by atoms with Gasteiger partial charge in [0.2, 0.25) is 5.43 Å². The van der Waals surface area contributed by atoms with Crippen LogP contribution in [0.5, 0.6) is 5.75 Å². The monoisotopic (exact) mass is 472 g/mol. The number of aromatic nitrogens is 1. The minimum absolute atomic E-state index is 0.0371. The second-order valence-electron chi connectivity index (χ2n) is 8.43. The standard InChI is InChI=1S/C20H20F4N4O5/c1-19(2)26(3)28-8-11(17(30)31)15(29)10-6-12(21)14(16(33-19)13(10)28)27-5-4-9(7-27)25-18(32)20(22,23)24/h6,8-9H,4-5,7H2,1-3H3,(H,25,32)(H,30,31)/t9-/m0/s1. The van der Waals surface area contributed by atoms with E-state index in [1.165, 1.54) is 14.6 Å². The first-order valence-electron chi connectivity index (χ1n) is 9.93.